The van der Waals surface area contributed by atoms with Crippen molar-refractivity contribution in [2.24, 2.45) is 7.05 Å². The Morgan fingerprint density at radius 3 is 2.88 bits per heavy atom. The average molecular weight is 431 g/mol. The van der Waals surface area contributed by atoms with Crippen molar-refractivity contribution < 1.29 is 9.53 Å². The predicted molar refractivity (Wildman–Crippen MR) is 121 cm³/mol. The van der Waals surface area contributed by atoms with Gasteiger partial charge in [0.25, 0.3) is 11.5 Å². The van der Waals surface area contributed by atoms with E-state index in [2.05, 4.69) is 21.7 Å². The monoisotopic (exact) mass is 431 g/mol. The van der Waals surface area contributed by atoms with Crippen LogP contribution in [0.2, 0.25) is 0 Å². The summed E-state index contributed by atoms with van der Waals surface area (Å²) >= 11 is 0. The van der Waals surface area contributed by atoms with Gasteiger partial charge in [0, 0.05) is 26.6 Å². The van der Waals surface area contributed by atoms with Crippen LogP contribution < -0.4 is 16.2 Å². The Morgan fingerprint density at radius 1 is 1.31 bits per heavy atom. The number of benzene rings is 2. The molecule has 32 heavy (non-hydrogen) atoms. The van der Waals surface area contributed by atoms with Crippen molar-refractivity contribution in [2.75, 3.05) is 19.7 Å². The number of aryl methyl sites for hydroxylation is 1. The highest BCUT2D eigenvalue weighted by Gasteiger charge is 2.23. The van der Waals surface area contributed by atoms with Gasteiger partial charge in [-0.15, -0.1) is 0 Å². The van der Waals surface area contributed by atoms with Gasteiger partial charge in [0.15, 0.2) is 0 Å². The number of nitrogens with zero attached hydrogens (tertiary/aromatic N) is 3. The summed E-state index contributed by atoms with van der Waals surface area (Å²) in [6, 6.07) is 15.2. The fourth-order valence-corrected chi connectivity index (χ4v) is 3.76. The van der Waals surface area contributed by atoms with E-state index in [1.165, 1.54) is 6.20 Å². The summed E-state index contributed by atoms with van der Waals surface area (Å²) in [6.45, 7) is 1.80. The smallest absolute Gasteiger partial charge is 0.269 e. The Labute approximate surface area is 185 Å². The van der Waals surface area contributed by atoms with Crippen LogP contribution in [-0.2, 0) is 23.0 Å². The van der Waals surface area contributed by atoms with E-state index in [0.717, 1.165) is 40.7 Å². The van der Waals surface area contributed by atoms with Crippen LogP contribution >= 0.6 is 0 Å². The molecule has 3 aromatic rings. The van der Waals surface area contributed by atoms with E-state index in [4.69, 9.17) is 4.74 Å². The number of nitriles is 1. The number of amides is 1. The van der Waals surface area contributed by atoms with Crippen LogP contribution in [0.3, 0.4) is 0 Å². The molecule has 164 valence electrons. The molecule has 1 fully saturated rings. The number of aromatic nitrogens is 2. The third-order valence-corrected chi connectivity index (χ3v) is 5.62. The Balaban J connectivity index is 1.45. The van der Waals surface area contributed by atoms with Gasteiger partial charge in [-0.2, -0.15) is 5.26 Å². The number of nitrogens with one attached hydrogen (secondary N) is 2. The fraction of sp³-hybridized carbons (Fsp3) is 0.333. The van der Waals surface area contributed by atoms with Crippen LogP contribution in [0.15, 0.2) is 53.5 Å². The number of hydrogen-bond donors (Lipinski definition) is 2. The van der Waals surface area contributed by atoms with Crippen LogP contribution in [0.4, 0.5) is 0 Å². The Morgan fingerprint density at radius 2 is 2.09 bits per heavy atom. The Kier molecular flexibility index (Phi) is 6.59. The summed E-state index contributed by atoms with van der Waals surface area (Å²) in [7, 11) is 1.73. The van der Waals surface area contributed by atoms with Gasteiger partial charge in [0.1, 0.15) is 12.1 Å². The summed E-state index contributed by atoms with van der Waals surface area (Å²) in [5.41, 5.74) is 4.27. The Bertz CT molecular complexity index is 1210. The number of carbonyl (C=O) groups is 1. The minimum Gasteiger partial charge on any atom is -0.367 e. The molecule has 0 aliphatic carbocycles. The number of carbonyl (C=O) groups excluding carboxylic acids is 1. The first-order chi connectivity index (χ1) is 15.5. The van der Waals surface area contributed by atoms with E-state index in [0.29, 0.717) is 19.6 Å². The minimum atomic E-state index is -0.638. The maximum Gasteiger partial charge on any atom is 0.269 e. The van der Waals surface area contributed by atoms with Crippen molar-refractivity contribution in [2.45, 2.75) is 25.0 Å². The van der Waals surface area contributed by atoms with Crippen molar-refractivity contribution in [1.29, 1.82) is 5.26 Å². The molecule has 2 atom stereocenters. The first-order valence-electron chi connectivity index (χ1n) is 10.6. The molecule has 0 saturated carbocycles. The molecule has 0 spiro atoms. The molecule has 2 heterocycles. The average Bonchev–Trinajstić information content (AvgIpc) is 3.11. The molecular weight excluding hydrogens is 406 g/mol. The van der Waals surface area contributed by atoms with E-state index < -0.39 is 12.1 Å². The second kappa shape index (κ2) is 9.73. The molecule has 1 aromatic heterocycles. The van der Waals surface area contributed by atoms with Crippen molar-refractivity contribution in [3.05, 3.63) is 64.6 Å². The van der Waals surface area contributed by atoms with Crippen molar-refractivity contribution in [1.82, 2.24) is 20.2 Å². The van der Waals surface area contributed by atoms with Crippen LogP contribution in [-0.4, -0.2) is 47.3 Å². The number of fused-ring (bicyclic) bond motifs is 1. The van der Waals surface area contributed by atoms with E-state index >= 15 is 0 Å². The molecule has 2 N–H and O–H groups in total. The maximum absolute atomic E-state index is 12.5. The first-order valence-corrected chi connectivity index (χ1v) is 10.6. The number of ether oxygens (including phenoxy) is 1. The van der Waals surface area contributed by atoms with E-state index in [1.807, 2.05) is 42.5 Å². The second-order valence-corrected chi connectivity index (χ2v) is 7.87. The molecular formula is C24H25N5O3. The van der Waals surface area contributed by atoms with Crippen LogP contribution in [0.5, 0.6) is 0 Å². The molecule has 0 unspecified atom stereocenters. The van der Waals surface area contributed by atoms with Crippen LogP contribution in [0.1, 0.15) is 12.0 Å². The molecule has 8 heteroatoms. The van der Waals surface area contributed by atoms with Gasteiger partial charge in [-0.25, -0.2) is 4.98 Å². The molecule has 8 nitrogen and oxygen atoms in total. The lowest BCUT2D eigenvalue weighted by Gasteiger charge is -2.18. The van der Waals surface area contributed by atoms with Gasteiger partial charge in [-0.1, -0.05) is 30.3 Å². The second-order valence-electron chi connectivity index (χ2n) is 7.87. The largest absolute Gasteiger partial charge is 0.367 e. The fourth-order valence-electron chi connectivity index (χ4n) is 3.76. The minimum absolute atomic E-state index is 0.153. The van der Waals surface area contributed by atoms with Gasteiger partial charge in [0.05, 0.1) is 23.3 Å². The molecule has 1 aliphatic heterocycles. The van der Waals surface area contributed by atoms with E-state index in [9.17, 15) is 14.9 Å². The quantitative estimate of drug-likeness (QED) is 0.634. The van der Waals surface area contributed by atoms with Gasteiger partial charge >= 0.3 is 0 Å². The summed E-state index contributed by atoms with van der Waals surface area (Å²) in [5.74, 6) is -0.266. The Hall–Kier alpha value is -3.54. The number of hydrogen-bond acceptors (Lipinski definition) is 6. The summed E-state index contributed by atoms with van der Waals surface area (Å²) < 4.78 is 7.14. The summed E-state index contributed by atoms with van der Waals surface area (Å²) in [4.78, 5) is 28.5. The highest BCUT2D eigenvalue weighted by atomic mass is 16.5. The van der Waals surface area contributed by atoms with Crippen LogP contribution in [0.25, 0.3) is 22.2 Å². The zero-order chi connectivity index (χ0) is 22.5. The van der Waals surface area contributed by atoms with Gasteiger partial charge in [-0.05, 0) is 41.8 Å². The maximum atomic E-state index is 12.5. The molecule has 0 bridgehead atoms. The lowest BCUT2D eigenvalue weighted by molar-refractivity contribution is -0.132. The molecule has 1 aliphatic rings. The molecule has 1 saturated heterocycles. The van der Waals surface area contributed by atoms with Gasteiger partial charge in [-0.3, -0.25) is 9.59 Å². The molecule has 0 radical (unpaired) electrons. The summed E-state index contributed by atoms with van der Waals surface area (Å²) in [6.07, 6.45) is 2.01. The normalized spacial score (nSPS) is 17.3. The highest BCUT2D eigenvalue weighted by molar-refractivity contribution is 5.82. The van der Waals surface area contributed by atoms with E-state index in [-0.39, 0.29) is 11.5 Å². The first kappa shape index (κ1) is 21.7. The molecule has 4 rings (SSSR count). The van der Waals surface area contributed by atoms with Crippen molar-refractivity contribution >= 4 is 16.9 Å². The SMILES string of the molecule is Cn1c(=O)cnc2ccc(-c3ccc(C[C@@H](C#N)NC(=O)[C@@H]4CNCCCO4)cc3)cc21. The number of rotatable bonds is 5. The van der Waals surface area contributed by atoms with Crippen LogP contribution in [0, 0.1) is 11.3 Å². The molecule has 1 amide bonds. The van der Waals surface area contributed by atoms with Gasteiger partial charge < -0.3 is 19.9 Å². The van der Waals surface area contributed by atoms with Crippen molar-refractivity contribution in [3.8, 4) is 17.2 Å². The predicted octanol–water partition coefficient (Wildman–Crippen LogP) is 1.53. The zero-order valence-electron chi connectivity index (χ0n) is 17.9. The van der Waals surface area contributed by atoms with E-state index in [1.54, 1.807) is 11.6 Å². The summed E-state index contributed by atoms with van der Waals surface area (Å²) in [5, 5.41) is 15.5. The molecule has 2 aromatic carbocycles. The third kappa shape index (κ3) is 4.85. The standard InChI is InChI=1S/C24H25N5O3/c1-29-21-12-18(7-8-20(21)27-15-23(29)30)17-5-3-16(4-6-17)11-19(13-25)28-24(31)22-14-26-9-2-10-32-22/h3-8,12,15,19,22,26H,2,9-11,14H2,1H3,(H,28,31)/t19-,22-/m0/s1. The van der Waals surface area contributed by atoms with Crippen molar-refractivity contribution in [3.63, 3.8) is 0 Å². The lowest BCUT2D eigenvalue weighted by Crippen LogP contribution is -2.46. The highest BCUT2D eigenvalue weighted by Crippen LogP contribution is 2.23. The lowest BCUT2D eigenvalue weighted by atomic mass is 10.0. The zero-order valence-corrected chi connectivity index (χ0v) is 17.9. The topological polar surface area (TPSA) is 109 Å². The third-order valence-electron chi connectivity index (χ3n) is 5.62. The van der Waals surface area contributed by atoms with Gasteiger partial charge in [0.2, 0.25) is 0 Å².